The van der Waals surface area contributed by atoms with Gasteiger partial charge in [0.2, 0.25) is 5.88 Å². The standard InChI is InChI=1S/C20H20FN5O3/c21-12-8-14-16-2-1-6-25(16)18-5-7-26-19(24-18)15(10-23-26)17(28)4-3-13(27)11-29-20(14)22-9-12/h5,7-10,13,16,27H,1-4,6,11H2/t13?,16-/m1/s1. The third-order valence-corrected chi connectivity index (χ3v) is 5.52. The molecule has 2 bridgehead atoms. The molecule has 1 unspecified atom stereocenters. The lowest BCUT2D eigenvalue weighted by Crippen LogP contribution is -2.26. The summed E-state index contributed by atoms with van der Waals surface area (Å²) in [6.07, 6.45) is 5.64. The number of pyridine rings is 1. The van der Waals surface area contributed by atoms with E-state index in [0.29, 0.717) is 28.5 Å². The van der Waals surface area contributed by atoms with Crippen LogP contribution in [0.25, 0.3) is 5.65 Å². The van der Waals surface area contributed by atoms with Crippen molar-refractivity contribution in [2.45, 2.75) is 37.8 Å². The maximum Gasteiger partial charge on any atom is 0.218 e. The monoisotopic (exact) mass is 397 g/mol. The molecule has 9 heteroatoms. The van der Waals surface area contributed by atoms with Gasteiger partial charge in [-0.05, 0) is 31.4 Å². The van der Waals surface area contributed by atoms with Crippen molar-refractivity contribution in [3.63, 3.8) is 0 Å². The number of ether oxygens (including phenoxy) is 1. The molecule has 0 radical (unpaired) electrons. The summed E-state index contributed by atoms with van der Waals surface area (Å²) in [5.41, 5.74) is 1.55. The first-order valence-electron chi connectivity index (χ1n) is 9.70. The molecule has 3 aromatic rings. The Labute approximate surface area is 166 Å². The second-order valence-corrected chi connectivity index (χ2v) is 7.44. The second-order valence-electron chi connectivity index (χ2n) is 7.44. The van der Waals surface area contributed by atoms with Crippen molar-refractivity contribution in [3.8, 4) is 5.88 Å². The van der Waals surface area contributed by atoms with Gasteiger partial charge in [-0.1, -0.05) is 0 Å². The summed E-state index contributed by atoms with van der Waals surface area (Å²) >= 11 is 0. The van der Waals surface area contributed by atoms with Crippen LogP contribution in [0.4, 0.5) is 10.2 Å². The molecule has 29 heavy (non-hydrogen) atoms. The van der Waals surface area contributed by atoms with Crippen LogP contribution >= 0.6 is 0 Å². The first-order chi connectivity index (χ1) is 14.1. The van der Waals surface area contributed by atoms with Crippen LogP contribution in [0.5, 0.6) is 5.88 Å². The Morgan fingerprint density at radius 1 is 1.28 bits per heavy atom. The van der Waals surface area contributed by atoms with Crippen LogP contribution in [-0.2, 0) is 0 Å². The molecule has 8 nitrogen and oxygen atoms in total. The third kappa shape index (κ3) is 3.21. The normalized spacial score (nSPS) is 22.3. The summed E-state index contributed by atoms with van der Waals surface area (Å²) in [4.78, 5) is 23.6. The minimum atomic E-state index is -0.841. The quantitative estimate of drug-likeness (QED) is 0.622. The van der Waals surface area contributed by atoms with E-state index in [2.05, 4.69) is 15.0 Å². The highest BCUT2D eigenvalue weighted by molar-refractivity contribution is 6.01. The zero-order chi connectivity index (χ0) is 20.0. The third-order valence-electron chi connectivity index (χ3n) is 5.52. The minimum Gasteiger partial charge on any atom is -0.475 e. The van der Waals surface area contributed by atoms with Gasteiger partial charge in [-0.2, -0.15) is 5.10 Å². The van der Waals surface area contributed by atoms with Crippen molar-refractivity contribution in [1.29, 1.82) is 0 Å². The molecule has 3 aromatic heterocycles. The van der Waals surface area contributed by atoms with Gasteiger partial charge in [-0.25, -0.2) is 18.9 Å². The zero-order valence-corrected chi connectivity index (χ0v) is 15.7. The predicted octanol–water partition coefficient (Wildman–Crippen LogP) is 2.32. The fourth-order valence-corrected chi connectivity index (χ4v) is 4.07. The molecule has 2 aliphatic heterocycles. The number of halogens is 1. The SMILES string of the molecule is O=C1CCC(O)COc2ncc(F)cc2[C@H]2CCCN2c2ccn3ncc1c3n2. The van der Waals surface area contributed by atoms with Crippen molar-refractivity contribution in [2.24, 2.45) is 0 Å². The van der Waals surface area contributed by atoms with Crippen LogP contribution in [0, 0.1) is 5.82 Å². The molecule has 150 valence electrons. The molecule has 2 atom stereocenters. The van der Waals surface area contributed by atoms with Crippen LogP contribution in [0.15, 0.2) is 30.7 Å². The van der Waals surface area contributed by atoms with E-state index in [1.54, 1.807) is 10.7 Å². The van der Waals surface area contributed by atoms with Gasteiger partial charge in [0.25, 0.3) is 0 Å². The summed E-state index contributed by atoms with van der Waals surface area (Å²) in [6.45, 7) is 0.725. The number of aliphatic hydroxyl groups excluding tert-OH is 1. The Hall–Kier alpha value is -3.07. The fraction of sp³-hybridized carbons (Fsp3) is 0.400. The molecule has 0 aromatic carbocycles. The first-order valence-corrected chi connectivity index (χ1v) is 9.70. The summed E-state index contributed by atoms with van der Waals surface area (Å²) in [7, 11) is 0. The number of hydrogen-bond donors (Lipinski definition) is 1. The smallest absolute Gasteiger partial charge is 0.218 e. The largest absolute Gasteiger partial charge is 0.475 e. The Kier molecular flexibility index (Phi) is 4.39. The van der Waals surface area contributed by atoms with Crippen molar-refractivity contribution >= 4 is 17.2 Å². The van der Waals surface area contributed by atoms with E-state index in [1.807, 2.05) is 6.07 Å². The maximum absolute atomic E-state index is 14.0. The molecule has 1 fully saturated rings. The number of nitrogens with zero attached hydrogens (tertiary/aromatic N) is 5. The van der Waals surface area contributed by atoms with Crippen LogP contribution in [-0.4, -0.2) is 49.7 Å². The van der Waals surface area contributed by atoms with Gasteiger partial charge < -0.3 is 14.7 Å². The molecule has 0 spiro atoms. The Morgan fingerprint density at radius 3 is 3.07 bits per heavy atom. The molecule has 5 rings (SSSR count). The molecule has 0 amide bonds. The van der Waals surface area contributed by atoms with Gasteiger partial charge in [0.15, 0.2) is 11.4 Å². The van der Waals surface area contributed by atoms with Gasteiger partial charge in [0.1, 0.15) is 18.2 Å². The summed E-state index contributed by atoms with van der Waals surface area (Å²) in [5.74, 6) is 0.436. The number of carbonyl (C=O) groups is 1. The van der Waals surface area contributed by atoms with E-state index in [9.17, 15) is 14.3 Å². The average molecular weight is 397 g/mol. The van der Waals surface area contributed by atoms with E-state index in [4.69, 9.17) is 9.72 Å². The molecule has 5 heterocycles. The highest BCUT2D eigenvalue weighted by Gasteiger charge is 2.31. The predicted molar refractivity (Wildman–Crippen MR) is 102 cm³/mol. The lowest BCUT2D eigenvalue weighted by atomic mass is 10.1. The van der Waals surface area contributed by atoms with Crippen molar-refractivity contribution in [1.82, 2.24) is 19.6 Å². The summed E-state index contributed by atoms with van der Waals surface area (Å²) in [6, 6.07) is 3.12. The number of hydrogen-bond acceptors (Lipinski definition) is 7. The molecule has 0 aliphatic carbocycles. The zero-order valence-electron chi connectivity index (χ0n) is 15.7. The van der Waals surface area contributed by atoms with Gasteiger partial charge >= 0.3 is 0 Å². The number of fused-ring (bicyclic) bond motifs is 5. The van der Waals surface area contributed by atoms with Crippen molar-refractivity contribution in [2.75, 3.05) is 18.1 Å². The van der Waals surface area contributed by atoms with Gasteiger partial charge in [0, 0.05) is 24.7 Å². The Morgan fingerprint density at radius 2 is 2.17 bits per heavy atom. The van der Waals surface area contributed by atoms with Crippen LogP contribution in [0.3, 0.4) is 0 Å². The van der Waals surface area contributed by atoms with Crippen molar-refractivity contribution < 1.29 is 19.0 Å². The van der Waals surface area contributed by atoms with E-state index in [0.717, 1.165) is 25.6 Å². The van der Waals surface area contributed by atoms with E-state index < -0.39 is 11.9 Å². The van der Waals surface area contributed by atoms with Gasteiger partial charge in [-0.15, -0.1) is 0 Å². The number of rotatable bonds is 0. The molecule has 0 saturated carbocycles. The molecular weight excluding hydrogens is 377 g/mol. The van der Waals surface area contributed by atoms with E-state index in [1.165, 1.54) is 12.3 Å². The number of ketones is 1. The number of carbonyl (C=O) groups excluding carboxylic acids is 1. The average Bonchev–Trinajstić information content (AvgIpc) is 3.37. The van der Waals surface area contributed by atoms with E-state index >= 15 is 0 Å². The summed E-state index contributed by atoms with van der Waals surface area (Å²) < 4.78 is 21.3. The maximum atomic E-state index is 14.0. The molecule has 1 N–H and O–H groups in total. The molecule has 2 aliphatic rings. The number of anilines is 1. The van der Waals surface area contributed by atoms with Gasteiger partial charge in [0.05, 0.1) is 30.1 Å². The van der Waals surface area contributed by atoms with Gasteiger partial charge in [-0.3, -0.25) is 4.79 Å². The molecule has 1 saturated heterocycles. The Bertz CT molecular complexity index is 1090. The molecular formula is C20H20FN5O3. The lowest BCUT2D eigenvalue weighted by Gasteiger charge is -2.27. The fourth-order valence-electron chi connectivity index (χ4n) is 4.07. The van der Waals surface area contributed by atoms with Crippen LogP contribution in [0.2, 0.25) is 0 Å². The van der Waals surface area contributed by atoms with Crippen molar-refractivity contribution in [3.05, 3.63) is 47.7 Å². The number of aromatic nitrogens is 4. The van der Waals surface area contributed by atoms with Crippen LogP contribution in [0.1, 0.15) is 47.6 Å². The lowest BCUT2D eigenvalue weighted by molar-refractivity contribution is 0.0825. The topological polar surface area (TPSA) is 92.9 Å². The Balaban J connectivity index is 1.66. The number of aliphatic hydroxyl groups is 1. The first kappa shape index (κ1) is 18.0. The minimum absolute atomic E-state index is 0.0153. The van der Waals surface area contributed by atoms with Crippen LogP contribution < -0.4 is 9.64 Å². The second kappa shape index (κ2) is 7.07. The number of Topliss-reactive ketones (excluding diaryl/α,β-unsaturated/α-hetero) is 1. The highest BCUT2D eigenvalue weighted by Crippen LogP contribution is 2.39. The highest BCUT2D eigenvalue weighted by atomic mass is 19.1. The van der Waals surface area contributed by atoms with E-state index in [-0.39, 0.29) is 31.3 Å². The summed E-state index contributed by atoms with van der Waals surface area (Å²) in [5, 5.41) is 14.5.